The Kier molecular flexibility index (Phi) is 5.32. The lowest BCUT2D eigenvalue weighted by atomic mass is 10.0. The molecule has 0 unspecified atom stereocenters. The van der Waals surface area contributed by atoms with Gasteiger partial charge in [-0.15, -0.1) is 0 Å². The predicted molar refractivity (Wildman–Crippen MR) is 82.5 cm³/mol. The molecule has 0 radical (unpaired) electrons. The lowest BCUT2D eigenvalue weighted by Crippen LogP contribution is -2.11. The van der Waals surface area contributed by atoms with Gasteiger partial charge in [-0.3, -0.25) is 0 Å². The summed E-state index contributed by atoms with van der Waals surface area (Å²) in [5, 5.41) is 0. The van der Waals surface area contributed by atoms with Crippen LogP contribution in [-0.2, 0) is 17.8 Å². The van der Waals surface area contributed by atoms with Crippen molar-refractivity contribution in [1.29, 1.82) is 0 Å². The van der Waals surface area contributed by atoms with Crippen LogP contribution in [0.4, 0.5) is 0 Å². The van der Waals surface area contributed by atoms with E-state index in [2.05, 4.69) is 15.9 Å². The zero-order chi connectivity index (χ0) is 14.4. The van der Waals surface area contributed by atoms with Crippen LogP contribution in [0, 0.1) is 0 Å². The van der Waals surface area contributed by atoms with Crippen molar-refractivity contribution in [2.24, 2.45) is 5.73 Å². The molecule has 0 saturated heterocycles. The normalized spacial score (nSPS) is 10.3. The van der Waals surface area contributed by atoms with Gasteiger partial charge in [0.25, 0.3) is 0 Å². The fourth-order valence-corrected chi connectivity index (χ4v) is 2.33. The Morgan fingerprint density at radius 3 is 2.40 bits per heavy atom. The largest absolute Gasteiger partial charge is 0.457 e. The first-order valence-electron chi connectivity index (χ1n) is 6.41. The third-order valence-electron chi connectivity index (χ3n) is 2.97. The summed E-state index contributed by atoms with van der Waals surface area (Å²) in [5.74, 6) is -0.315. The molecule has 0 fully saturated rings. The highest BCUT2D eigenvalue weighted by molar-refractivity contribution is 9.10. The molecular weight excluding hydrogens is 318 g/mol. The summed E-state index contributed by atoms with van der Waals surface area (Å²) < 4.78 is 6.31. The molecule has 0 aliphatic carbocycles. The lowest BCUT2D eigenvalue weighted by Gasteiger charge is -2.09. The van der Waals surface area contributed by atoms with Gasteiger partial charge in [0, 0.05) is 10.0 Å². The second-order valence-electron chi connectivity index (χ2n) is 4.36. The van der Waals surface area contributed by atoms with Crippen LogP contribution < -0.4 is 5.73 Å². The van der Waals surface area contributed by atoms with Crippen LogP contribution in [-0.4, -0.2) is 12.5 Å². The van der Waals surface area contributed by atoms with E-state index in [1.54, 1.807) is 6.07 Å². The second-order valence-corrected chi connectivity index (χ2v) is 5.22. The van der Waals surface area contributed by atoms with E-state index in [1.165, 1.54) is 0 Å². The second kappa shape index (κ2) is 7.22. The van der Waals surface area contributed by atoms with Crippen LogP contribution in [0.1, 0.15) is 21.5 Å². The van der Waals surface area contributed by atoms with Crippen LogP contribution >= 0.6 is 15.9 Å². The van der Waals surface area contributed by atoms with Gasteiger partial charge in [-0.25, -0.2) is 4.79 Å². The highest BCUT2D eigenvalue weighted by Crippen LogP contribution is 2.18. The molecule has 0 atom stereocenters. The summed E-state index contributed by atoms with van der Waals surface area (Å²) in [7, 11) is 0. The Labute approximate surface area is 126 Å². The van der Waals surface area contributed by atoms with E-state index in [-0.39, 0.29) is 12.6 Å². The molecule has 2 N–H and O–H groups in total. The van der Waals surface area contributed by atoms with E-state index in [0.717, 1.165) is 15.6 Å². The Bertz CT molecular complexity index is 599. The first-order valence-corrected chi connectivity index (χ1v) is 7.20. The van der Waals surface area contributed by atoms with E-state index in [1.807, 2.05) is 42.5 Å². The van der Waals surface area contributed by atoms with Crippen LogP contribution in [0.15, 0.2) is 53.0 Å². The number of esters is 1. The van der Waals surface area contributed by atoms with E-state index >= 15 is 0 Å². The van der Waals surface area contributed by atoms with Crippen molar-refractivity contribution in [2.45, 2.75) is 13.0 Å². The molecule has 0 bridgehead atoms. The molecule has 0 aliphatic heterocycles. The number of rotatable bonds is 5. The Morgan fingerprint density at radius 2 is 1.70 bits per heavy atom. The minimum absolute atomic E-state index is 0.247. The third kappa shape index (κ3) is 3.68. The van der Waals surface area contributed by atoms with Crippen molar-refractivity contribution in [2.75, 3.05) is 6.54 Å². The topological polar surface area (TPSA) is 52.3 Å². The molecule has 104 valence electrons. The average molecular weight is 334 g/mol. The highest BCUT2D eigenvalue weighted by Gasteiger charge is 2.12. The first kappa shape index (κ1) is 14.8. The van der Waals surface area contributed by atoms with Gasteiger partial charge < -0.3 is 10.5 Å². The molecule has 0 aromatic heterocycles. The number of carbonyl (C=O) groups excluding carboxylic acids is 1. The van der Waals surface area contributed by atoms with E-state index in [4.69, 9.17) is 10.5 Å². The fraction of sp³-hybridized carbons (Fsp3) is 0.188. The summed E-state index contributed by atoms with van der Waals surface area (Å²) in [6, 6.07) is 15.1. The van der Waals surface area contributed by atoms with Crippen molar-refractivity contribution < 1.29 is 9.53 Å². The monoisotopic (exact) mass is 333 g/mol. The van der Waals surface area contributed by atoms with Gasteiger partial charge in [-0.05, 0) is 30.7 Å². The van der Waals surface area contributed by atoms with Crippen LogP contribution in [0.25, 0.3) is 0 Å². The highest BCUT2D eigenvalue weighted by atomic mass is 79.9. The van der Waals surface area contributed by atoms with Crippen LogP contribution in [0.5, 0.6) is 0 Å². The number of hydrogen-bond donors (Lipinski definition) is 1. The first-order chi connectivity index (χ1) is 9.72. The predicted octanol–water partition coefficient (Wildman–Crippen LogP) is 3.31. The molecule has 2 aromatic rings. The van der Waals surface area contributed by atoms with Gasteiger partial charge in [0.15, 0.2) is 0 Å². The number of carbonyl (C=O) groups is 1. The summed E-state index contributed by atoms with van der Waals surface area (Å²) >= 11 is 3.43. The van der Waals surface area contributed by atoms with Gasteiger partial charge in [0.1, 0.15) is 6.61 Å². The van der Waals surface area contributed by atoms with Gasteiger partial charge in [0.05, 0.1) is 5.56 Å². The number of hydrogen-bond acceptors (Lipinski definition) is 3. The molecule has 4 heteroatoms. The van der Waals surface area contributed by atoms with Gasteiger partial charge in [-0.1, -0.05) is 52.3 Å². The number of halogens is 1. The molecule has 0 spiro atoms. The van der Waals surface area contributed by atoms with E-state index in [9.17, 15) is 4.79 Å². The van der Waals surface area contributed by atoms with Crippen LogP contribution in [0.3, 0.4) is 0 Å². The maximum Gasteiger partial charge on any atom is 0.338 e. The molecular formula is C16H16BrNO2. The molecule has 3 nitrogen and oxygen atoms in total. The number of ether oxygens (including phenoxy) is 1. The van der Waals surface area contributed by atoms with Crippen molar-refractivity contribution in [1.82, 2.24) is 0 Å². The van der Waals surface area contributed by atoms with Crippen LogP contribution in [0.2, 0.25) is 0 Å². The SMILES string of the molecule is NCCc1ccccc1C(=O)OCc1ccccc1Br. The molecule has 20 heavy (non-hydrogen) atoms. The van der Waals surface area contributed by atoms with Crippen molar-refractivity contribution in [3.05, 3.63) is 69.7 Å². The van der Waals surface area contributed by atoms with E-state index in [0.29, 0.717) is 18.5 Å². The quantitative estimate of drug-likeness (QED) is 0.854. The van der Waals surface area contributed by atoms with Crippen molar-refractivity contribution in [3.63, 3.8) is 0 Å². The number of nitrogens with two attached hydrogens (primary N) is 1. The summed E-state index contributed by atoms with van der Waals surface area (Å²) in [6.07, 6.45) is 0.667. The van der Waals surface area contributed by atoms with E-state index < -0.39 is 0 Å². The fourth-order valence-electron chi connectivity index (χ4n) is 1.93. The minimum Gasteiger partial charge on any atom is -0.457 e. The summed E-state index contributed by atoms with van der Waals surface area (Å²) in [4.78, 5) is 12.1. The summed E-state index contributed by atoms with van der Waals surface area (Å²) in [6.45, 7) is 0.756. The zero-order valence-electron chi connectivity index (χ0n) is 11.0. The Hall–Kier alpha value is -1.65. The standard InChI is InChI=1S/C16H16BrNO2/c17-15-8-4-2-6-13(15)11-20-16(19)14-7-3-1-5-12(14)9-10-18/h1-8H,9-11,18H2. The van der Waals surface area contributed by atoms with Gasteiger partial charge in [0.2, 0.25) is 0 Å². The average Bonchev–Trinajstić information content (AvgIpc) is 2.47. The van der Waals surface area contributed by atoms with Crippen molar-refractivity contribution >= 4 is 21.9 Å². The molecule has 0 heterocycles. The third-order valence-corrected chi connectivity index (χ3v) is 3.74. The maximum absolute atomic E-state index is 12.1. The van der Waals surface area contributed by atoms with Crippen molar-refractivity contribution in [3.8, 4) is 0 Å². The number of benzene rings is 2. The molecule has 0 amide bonds. The minimum atomic E-state index is -0.315. The van der Waals surface area contributed by atoms with Gasteiger partial charge in [-0.2, -0.15) is 0 Å². The molecule has 0 saturated carbocycles. The Morgan fingerprint density at radius 1 is 1.05 bits per heavy atom. The molecule has 2 aromatic carbocycles. The Balaban J connectivity index is 2.07. The van der Waals surface area contributed by atoms with Gasteiger partial charge >= 0.3 is 5.97 Å². The summed E-state index contributed by atoms with van der Waals surface area (Å²) in [5.41, 5.74) is 8.01. The maximum atomic E-state index is 12.1. The molecule has 0 aliphatic rings. The zero-order valence-corrected chi connectivity index (χ0v) is 12.6. The smallest absolute Gasteiger partial charge is 0.338 e. The lowest BCUT2D eigenvalue weighted by molar-refractivity contribution is 0.0470. The molecule has 2 rings (SSSR count).